The van der Waals surface area contributed by atoms with Gasteiger partial charge >= 0.3 is 0 Å². The summed E-state index contributed by atoms with van der Waals surface area (Å²) < 4.78 is 13.0. The van der Waals surface area contributed by atoms with Crippen molar-refractivity contribution in [2.24, 2.45) is 5.73 Å². The predicted octanol–water partition coefficient (Wildman–Crippen LogP) is 5.17. The van der Waals surface area contributed by atoms with E-state index in [9.17, 15) is 4.39 Å². The Morgan fingerprint density at radius 3 is 2.16 bits per heavy atom. The highest BCUT2D eigenvalue weighted by Crippen LogP contribution is 2.20. The molecule has 0 saturated heterocycles. The van der Waals surface area contributed by atoms with Gasteiger partial charge in [-0.2, -0.15) is 0 Å². The molecule has 25 heavy (non-hydrogen) atoms. The molecule has 5 heteroatoms. The summed E-state index contributed by atoms with van der Waals surface area (Å²) in [5.74, 6) is -0.238. The molecule has 2 unspecified atom stereocenters. The van der Waals surface area contributed by atoms with E-state index in [2.05, 4.69) is 48.6 Å². The summed E-state index contributed by atoms with van der Waals surface area (Å²) >= 11 is 0. The van der Waals surface area contributed by atoms with E-state index in [1.165, 1.54) is 28.5 Å². The molecule has 0 aliphatic heterocycles. The fourth-order valence-electron chi connectivity index (χ4n) is 2.73. The van der Waals surface area contributed by atoms with E-state index < -0.39 is 0 Å². The topological polar surface area (TPSA) is 38.0 Å². The van der Waals surface area contributed by atoms with Gasteiger partial charge in [0.15, 0.2) is 0 Å². The normalized spacial score (nSPS) is 12.8. The lowest BCUT2D eigenvalue weighted by atomic mass is 10.0. The molecule has 3 aromatic carbocycles. The lowest BCUT2D eigenvalue weighted by molar-refractivity contribution is 0.527. The molecule has 0 radical (unpaired) electrons. The highest BCUT2D eigenvalue weighted by molar-refractivity contribution is 5.85. The smallest absolute Gasteiger partial charge is 0.123 e. The maximum atomic E-state index is 13.0. The second-order valence-corrected chi connectivity index (χ2v) is 5.89. The molecule has 2 atom stereocenters. The van der Waals surface area contributed by atoms with Crippen LogP contribution in [0, 0.1) is 5.82 Å². The van der Waals surface area contributed by atoms with E-state index in [4.69, 9.17) is 5.73 Å². The predicted molar refractivity (Wildman–Crippen MR) is 108 cm³/mol. The van der Waals surface area contributed by atoms with Crippen molar-refractivity contribution < 1.29 is 4.39 Å². The van der Waals surface area contributed by atoms with Crippen LogP contribution in [0.1, 0.15) is 30.1 Å². The first-order valence-corrected chi connectivity index (χ1v) is 7.86. The number of rotatable bonds is 5. The summed E-state index contributed by atoms with van der Waals surface area (Å²) in [4.78, 5) is 0. The summed E-state index contributed by atoms with van der Waals surface area (Å²) in [6.07, 6.45) is 0. The van der Waals surface area contributed by atoms with E-state index in [1.54, 1.807) is 12.1 Å². The highest BCUT2D eigenvalue weighted by atomic mass is 35.5. The van der Waals surface area contributed by atoms with Crippen molar-refractivity contribution in [3.8, 4) is 0 Å². The SMILES string of the molecule is CC(NCC(N)c1ccc(F)cc1)c1ccc2ccccc2c1.Cl.Cl. The molecular formula is C20H23Cl2FN2. The minimum atomic E-state index is -0.238. The molecule has 0 aliphatic carbocycles. The van der Waals surface area contributed by atoms with Crippen LogP contribution < -0.4 is 11.1 Å². The maximum Gasteiger partial charge on any atom is 0.123 e. The van der Waals surface area contributed by atoms with Gasteiger partial charge in [-0.05, 0) is 47.0 Å². The van der Waals surface area contributed by atoms with Crippen molar-refractivity contribution in [3.63, 3.8) is 0 Å². The van der Waals surface area contributed by atoms with E-state index in [-0.39, 0.29) is 42.7 Å². The van der Waals surface area contributed by atoms with Crippen LogP contribution in [0.2, 0.25) is 0 Å². The van der Waals surface area contributed by atoms with E-state index in [0.29, 0.717) is 6.54 Å². The first-order valence-electron chi connectivity index (χ1n) is 7.86. The molecule has 134 valence electrons. The zero-order valence-electron chi connectivity index (χ0n) is 14.0. The molecule has 0 heterocycles. The Kier molecular flexibility index (Phi) is 8.33. The van der Waals surface area contributed by atoms with Crippen molar-refractivity contribution in [3.05, 3.63) is 83.7 Å². The van der Waals surface area contributed by atoms with Gasteiger partial charge in [0.05, 0.1) is 0 Å². The minimum absolute atomic E-state index is 0. The molecule has 0 spiro atoms. The number of benzene rings is 3. The monoisotopic (exact) mass is 380 g/mol. The fourth-order valence-corrected chi connectivity index (χ4v) is 2.73. The van der Waals surface area contributed by atoms with Crippen LogP contribution in [0.15, 0.2) is 66.7 Å². The molecule has 0 aliphatic rings. The molecule has 2 nitrogen and oxygen atoms in total. The average Bonchev–Trinajstić information content (AvgIpc) is 2.59. The molecule has 0 saturated carbocycles. The molecule has 3 rings (SSSR count). The van der Waals surface area contributed by atoms with Gasteiger partial charge in [-0.3, -0.25) is 0 Å². The molecule has 3 N–H and O–H groups in total. The van der Waals surface area contributed by atoms with Crippen LogP contribution in [0.4, 0.5) is 4.39 Å². The van der Waals surface area contributed by atoms with Gasteiger partial charge in [-0.25, -0.2) is 4.39 Å². The Labute approximate surface area is 160 Å². The zero-order chi connectivity index (χ0) is 16.2. The molecule has 0 fully saturated rings. The van der Waals surface area contributed by atoms with Gasteiger partial charge in [0.25, 0.3) is 0 Å². The third-order valence-electron chi connectivity index (χ3n) is 4.22. The van der Waals surface area contributed by atoms with E-state index in [0.717, 1.165) is 5.56 Å². The third-order valence-corrected chi connectivity index (χ3v) is 4.22. The van der Waals surface area contributed by atoms with Gasteiger partial charge in [-0.1, -0.05) is 48.5 Å². The Morgan fingerprint density at radius 2 is 1.48 bits per heavy atom. The summed E-state index contributed by atoms with van der Waals surface area (Å²) in [5.41, 5.74) is 8.34. The molecule has 0 amide bonds. The quantitative estimate of drug-likeness (QED) is 0.640. The Balaban J connectivity index is 0.00000156. The van der Waals surface area contributed by atoms with Crippen LogP contribution >= 0.6 is 24.8 Å². The van der Waals surface area contributed by atoms with Crippen molar-refractivity contribution in [1.82, 2.24) is 5.32 Å². The van der Waals surface area contributed by atoms with Crippen LogP contribution in [0.25, 0.3) is 10.8 Å². The number of nitrogens with one attached hydrogen (secondary N) is 1. The maximum absolute atomic E-state index is 13.0. The van der Waals surface area contributed by atoms with E-state index >= 15 is 0 Å². The molecule has 3 aromatic rings. The standard InChI is InChI=1S/C20H21FN2.2ClH/c1-14(17-7-6-15-4-2-3-5-18(15)12-17)23-13-20(22)16-8-10-19(21)11-9-16;;/h2-12,14,20,23H,13,22H2,1H3;2*1H. The van der Waals surface area contributed by atoms with Crippen LogP contribution in [-0.4, -0.2) is 6.54 Å². The number of fused-ring (bicyclic) bond motifs is 1. The van der Waals surface area contributed by atoms with Gasteiger partial charge in [-0.15, -0.1) is 24.8 Å². The molecular weight excluding hydrogens is 358 g/mol. The van der Waals surface area contributed by atoms with Gasteiger partial charge in [0, 0.05) is 18.6 Å². The largest absolute Gasteiger partial charge is 0.323 e. The lowest BCUT2D eigenvalue weighted by Gasteiger charge is -2.19. The Hall–Kier alpha value is -1.65. The lowest BCUT2D eigenvalue weighted by Crippen LogP contribution is -2.29. The van der Waals surface area contributed by atoms with Crippen molar-refractivity contribution >= 4 is 35.6 Å². The van der Waals surface area contributed by atoms with Crippen molar-refractivity contribution in [2.75, 3.05) is 6.54 Å². The van der Waals surface area contributed by atoms with Crippen LogP contribution in [-0.2, 0) is 0 Å². The van der Waals surface area contributed by atoms with Gasteiger partial charge in [0.2, 0.25) is 0 Å². The Bertz CT molecular complexity index is 793. The average molecular weight is 381 g/mol. The van der Waals surface area contributed by atoms with Crippen LogP contribution in [0.3, 0.4) is 0 Å². The number of hydrogen-bond donors (Lipinski definition) is 2. The second kappa shape index (κ2) is 9.73. The highest BCUT2D eigenvalue weighted by Gasteiger charge is 2.10. The third kappa shape index (κ3) is 5.41. The van der Waals surface area contributed by atoms with Crippen molar-refractivity contribution in [1.29, 1.82) is 0 Å². The van der Waals surface area contributed by atoms with Crippen LogP contribution in [0.5, 0.6) is 0 Å². The molecule has 0 aromatic heterocycles. The van der Waals surface area contributed by atoms with Gasteiger partial charge < -0.3 is 11.1 Å². The molecule has 0 bridgehead atoms. The van der Waals surface area contributed by atoms with E-state index in [1.807, 2.05) is 6.07 Å². The second-order valence-electron chi connectivity index (χ2n) is 5.89. The summed E-state index contributed by atoms with van der Waals surface area (Å²) in [6.45, 7) is 2.76. The number of nitrogens with two attached hydrogens (primary N) is 1. The van der Waals surface area contributed by atoms with Gasteiger partial charge in [0.1, 0.15) is 5.82 Å². The zero-order valence-corrected chi connectivity index (χ0v) is 15.6. The summed E-state index contributed by atoms with van der Waals surface area (Å²) in [5, 5.41) is 5.94. The number of halogens is 3. The summed E-state index contributed by atoms with van der Waals surface area (Å²) in [7, 11) is 0. The Morgan fingerprint density at radius 1 is 0.880 bits per heavy atom. The first kappa shape index (κ1) is 21.4. The fraction of sp³-hybridized carbons (Fsp3) is 0.200. The summed E-state index contributed by atoms with van der Waals surface area (Å²) in [6, 6.07) is 21.2. The minimum Gasteiger partial charge on any atom is -0.323 e. The first-order chi connectivity index (χ1) is 11.1. The number of hydrogen-bond acceptors (Lipinski definition) is 2. The van der Waals surface area contributed by atoms with Crippen molar-refractivity contribution in [2.45, 2.75) is 19.0 Å².